The Labute approximate surface area is 156 Å². The minimum Gasteiger partial charge on any atom is -0.497 e. The van der Waals surface area contributed by atoms with Gasteiger partial charge in [0, 0.05) is 18.7 Å². The average molecular weight is 358 g/mol. The van der Waals surface area contributed by atoms with Crippen molar-refractivity contribution < 1.29 is 18.9 Å². The number of benzene rings is 2. The van der Waals surface area contributed by atoms with Crippen LogP contribution in [-0.4, -0.2) is 45.4 Å². The van der Waals surface area contributed by atoms with Crippen LogP contribution >= 0.6 is 0 Å². The highest BCUT2D eigenvalue weighted by atomic mass is 16.5. The van der Waals surface area contributed by atoms with E-state index in [0.717, 1.165) is 31.8 Å². The molecule has 1 radical (unpaired) electrons. The second-order valence-electron chi connectivity index (χ2n) is 5.74. The van der Waals surface area contributed by atoms with E-state index in [0.29, 0.717) is 29.6 Å². The molecule has 0 fully saturated rings. The van der Waals surface area contributed by atoms with Crippen molar-refractivity contribution in [1.29, 1.82) is 0 Å². The first-order valence-electron chi connectivity index (χ1n) is 8.96. The van der Waals surface area contributed by atoms with E-state index in [1.165, 1.54) is 0 Å². The molecule has 0 atom stereocenters. The third-order valence-corrected chi connectivity index (χ3v) is 4.12. The van der Waals surface area contributed by atoms with Gasteiger partial charge in [0.2, 0.25) is 0 Å². The standard InChI is InChI=1S/C21H28NO4/c1-5-22(6-2)14-7-15-25-17-8-10-18(11-9-17)26-20-13-12-19(23-3)16-21(20)24-4/h8-12,16H,5-7,14-15H2,1-4H3. The van der Waals surface area contributed by atoms with Crippen molar-refractivity contribution in [2.45, 2.75) is 20.3 Å². The van der Waals surface area contributed by atoms with Crippen molar-refractivity contribution in [2.24, 2.45) is 0 Å². The molecule has 0 saturated heterocycles. The Balaban J connectivity index is 1.87. The zero-order valence-corrected chi connectivity index (χ0v) is 16.1. The first-order chi connectivity index (χ1) is 12.7. The Hall–Kier alpha value is -2.40. The van der Waals surface area contributed by atoms with Gasteiger partial charge in [0.25, 0.3) is 0 Å². The molecule has 0 aliphatic carbocycles. The van der Waals surface area contributed by atoms with Crippen LogP contribution in [-0.2, 0) is 0 Å². The summed E-state index contributed by atoms with van der Waals surface area (Å²) >= 11 is 0. The van der Waals surface area contributed by atoms with Crippen molar-refractivity contribution >= 4 is 0 Å². The van der Waals surface area contributed by atoms with E-state index in [1.807, 2.05) is 24.3 Å². The molecule has 0 heterocycles. The van der Waals surface area contributed by atoms with Crippen LogP contribution in [0.4, 0.5) is 0 Å². The molecule has 2 aromatic rings. The number of rotatable bonds is 11. The highest BCUT2D eigenvalue weighted by Crippen LogP contribution is 2.34. The van der Waals surface area contributed by atoms with Gasteiger partial charge < -0.3 is 23.8 Å². The van der Waals surface area contributed by atoms with Crippen LogP contribution in [0.25, 0.3) is 0 Å². The molecule has 0 aliphatic rings. The summed E-state index contributed by atoms with van der Waals surface area (Å²) in [7, 11) is 3.19. The van der Waals surface area contributed by atoms with Crippen LogP contribution in [0, 0.1) is 6.07 Å². The number of methoxy groups -OCH3 is 2. The monoisotopic (exact) mass is 358 g/mol. The Morgan fingerprint density at radius 3 is 2.23 bits per heavy atom. The lowest BCUT2D eigenvalue weighted by Gasteiger charge is -2.17. The van der Waals surface area contributed by atoms with E-state index in [9.17, 15) is 0 Å². The normalized spacial score (nSPS) is 10.7. The summed E-state index contributed by atoms with van der Waals surface area (Å²) < 4.78 is 22.1. The van der Waals surface area contributed by atoms with E-state index >= 15 is 0 Å². The van der Waals surface area contributed by atoms with Gasteiger partial charge in [0.05, 0.1) is 20.8 Å². The van der Waals surface area contributed by atoms with Crippen molar-refractivity contribution in [3.05, 3.63) is 42.5 Å². The summed E-state index contributed by atoms with van der Waals surface area (Å²) in [5, 5.41) is 0. The Kier molecular flexibility index (Phi) is 8.09. The molecule has 5 heteroatoms. The topological polar surface area (TPSA) is 40.2 Å². The zero-order valence-electron chi connectivity index (χ0n) is 16.1. The summed E-state index contributed by atoms with van der Waals surface area (Å²) in [6.07, 6.45) is 1.01. The van der Waals surface area contributed by atoms with Crippen LogP contribution in [0.1, 0.15) is 20.3 Å². The van der Waals surface area contributed by atoms with Crippen molar-refractivity contribution in [3.8, 4) is 28.7 Å². The first kappa shape index (κ1) is 19.9. The fraction of sp³-hybridized carbons (Fsp3) is 0.429. The molecule has 2 aromatic carbocycles. The molecule has 0 N–H and O–H groups in total. The van der Waals surface area contributed by atoms with Gasteiger partial charge in [-0.3, -0.25) is 0 Å². The fourth-order valence-electron chi connectivity index (χ4n) is 2.53. The van der Waals surface area contributed by atoms with Gasteiger partial charge in [-0.15, -0.1) is 0 Å². The Morgan fingerprint density at radius 2 is 1.62 bits per heavy atom. The van der Waals surface area contributed by atoms with E-state index in [4.69, 9.17) is 18.9 Å². The zero-order chi connectivity index (χ0) is 18.8. The molecule has 0 aliphatic heterocycles. The lowest BCUT2D eigenvalue weighted by atomic mass is 10.3. The molecule has 0 unspecified atom stereocenters. The van der Waals surface area contributed by atoms with Gasteiger partial charge in [-0.1, -0.05) is 13.8 Å². The third kappa shape index (κ3) is 5.85. The molecule has 0 saturated carbocycles. The molecule has 0 spiro atoms. The van der Waals surface area contributed by atoms with Crippen molar-refractivity contribution in [2.75, 3.05) is 40.5 Å². The van der Waals surface area contributed by atoms with Crippen LogP contribution in [0.3, 0.4) is 0 Å². The molecule has 2 rings (SSSR count). The molecular weight excluding hydrogens is 330 g/mol. The van der Waals surface area contributed by atoms with Crippen molar-refractivity contribution in [3.63, 3.8) is 0 Å². The number of hydrogen-bond donors (Lipinski definition) is 0. The van der Waals surface area contributed by atoms with Gasteiger partial charge in [-0.05, 0) is 49.8 Å². The number of ether oxygens (including phenoxy) is 4. The number of hydrogen-bond acceptors (Lipinski definition) is 5. The SMILES string of the molecule is CCN(CC)CCCOc1ccc(Oc2[c]cc(OC)cc2OC)cc1. The maximum atomic E-state index is 5.84. The van der Waals surface area contributed by atoms with E-state index in [1.54, 1.807) is 26.4 Å². The van der Waals surface area contributed by atoms with E-state index < -0.39 is 0 Å². The van der Waals surface area contributed by atoms with Gasteiger partial charge in [-0.25, -0.2) is 0 Å². The van der Waals surface area contributed by atoms with Crippen LogP contribution in [0.2, 0.25) is 0 Å². The maximum Gasteiger partial charge on any atom is 0.177 e. The quantitative estimate of drug-likeness (QED) is 0.557. The number of nitrogens with zero attached hydrogens (tertiary/aromatic N) is 1. The first-order valence-corrected chi connectivity index (χ1v) is 8.96. The smallest absolute Gasteiger partial charge is 0.177 e. The molecule has 0 amide bonds. The Morgan fingerprint density at radius 1 is 0.923 bits per heavy atom. The lowest BCUT2D eigenvalue weighted by Crippen LogP contribution is -2.25. The summed E-state index contributed by atoms with van der Waals surface area (Å²) in [4.78, 5) is 2.39. The van der Waals surface area contributed by atoms with Crippen LogP contribution in [0.15, 0.2) is 36.4 Å². The predicted octanol–water partition coefficient (Wildman–Crippen LogP) is 4.41. The second kappa shape index (κ2) is 10.6. The maximum absolute atomic E-state index is 5.84. The lowest BCUT2D eigenvalue weighted by molar-refractivity contribution is 0.249. The van der Waals surface area contributed by atoms with Crippen LogP contribution in [0.5, 0.6) is 28.7 Å². The molecule has 141 valence electrons. The third-order valence-electron chi connectivity index (χ3n) is 4.12. The second-order valence-corrected chi connectivity index (χ2v) is 5.74. The van der Waals surface area contributed by atoms with Gasteiger partial charge in [0.15, 0.2) is 11.5 Å². The van der Waals surface area contributed by atoms with Gasteiger partial charge in [0.1, 0.15) is 17.2 Å². The van der Waals surface area contributed by atoms with E-state index in [-0.39, 0.29) is 0 Å². The summed E-state index contributed by atoms with van der Waals surface area (Å²) in [5.41, 5.74) is 0. The highest BCUT2D eigenvalue weighted by Gasteiger charge is 2.08. The molecule has 26 heavy (non-hydrogen) atoms. The van der Waals surface area contributed by atoms with E-state index in [2.05, 4.69) is 24.8 Å². The molecule has 0 aromatic heterocycles. The largest absolute Gasteiger partial charge is 0.497 e. The average Bonchev–Trinajstić information content (AvgIpc) is 2.69. The highest BCUT2D eigenvalue weighted by molar-refractivity contribution is 5.47. The molecular formula is C21H28NO4. The van der Waals surface area contributed by atoms with Gasteiger partial charge in [-0.2, -0.15) is 0 Å². The van der Waals surface area contributed by atoms with Gasteiger partial charge >= 0.3 is 0 Å². The minimum atomic E-state index is 0.515. The minimum absolute atomic E-state index is 0.515. The molecule has 0 bridgehead atoms. The molecule has 5 nitrogen and oxygen atoms in total. The van der Waals surface area contributed by atoms with Crippen molar-refractivity contribution in [1.82, 2.24) is 4.90 Å². The van der Waals surface area contributed by atoms with Crippen LogP contribution < -0.4 is 18.9 Å². The summed E-state index contributed by atoms with van der Waals surface area (Å²) in [5.74, 6) is 3.28. The fourth-order valence-corrected chi connectivity index (χ4v) is 2.53. The predicted molar refractivity (Wildman–Crippen MR) is 103 cm³/mol. The summed E-state index contributed by atoms with van der Waals surface area (Å²) in [6, 6.07) is 14.1. The summed E-state index contributed by atoms with van der Waals surface area (Å²) in [6.45, 7) is 8.28. The Bertz CT molecular complexity index is 654.